The fourth-order valence-electron chi connectivity index (χ4n) is 0.589. The van der Waals surface area contributed by atoms with Crippen molar-refractivity contribution in [1.82, 2.24) is 4.31 Å². The van der Waals surface area contributed by atoms with Gasteiger partial charge < -0.3 is 0 Å². The molecule has 0 atom stereocenters. The molecule has 0 saturated heterocycles. The van der Waals surface area contributed by atoms with Crippen molar-refractivity contribution < 1.29 is 0 Å². The highest BCUT2D eigenvalue weighted by Crippen LogP contribution is 2.03. The van der Waals surface area contributed by atoms with E-state index in [1.807, 2.05) is 0 Å². The molecule has 0 unspecified atom stereocenters. The van der Waals surface area contributed by atoms with Crippen LogP contribution in [-0.2, 0) is 0 Å². The maximum atomic E-state index is 2.24. The van der Waals surface area contributed by atoms with Crippen molar-refractivity contribution in [2.75, 3.05) is 19.8 Å². The van der Waals surface area contributed by atoms with Gasteiger partial charge in [-0.1, -0.05) is 25.8 Å². The van der Waals surface area contributed by atoms with Gasteiger partial charge in [0.1, 0.15) is 0 Å². The molecule has 0 aromatic carbocycles. The molecule has 0 aromatic rings. The molecule has 0 amide bonds. The Kier molecular flexibility index (Phi) is 4.38. The summed E-state index contributed by atoms with van der Waals surface area (Å²) in [7, 11) is 2.12. The van der Waals surface area contributed by atoms with Crippen molar-refractivity contribution >= 4 is 11.9 Å². The summed E-state index contributed by atoms with van der Waals surface area (Å²) in [5.41, 5.74) is 0. The summed E-state index contributed by atoms with van der Waals surface area (Å²) in [6.45, 7) is 5.64. The number of hydrogen-bond acceptors (Lipinski definition) is 2. The molecular weight excluding hydrogens is 118 g/mol. The lowest BCUT2D eigenvalue weighted by atomic mass is 10.2. The van der Waals surface area contributed by atoms with Crippen LogP contribution in [-0.4, -0.2) is 24.2 Å². The first kappa shape index (κ1) is 8.31. The maximum Gasteiger partial charge on any atom is 0.0109 e. The van der Waals surface area contributed by atoms with Gasteiger partial charge in [-0.05, 0) is 19.2 Å². The van der Waals surface area contributed by atoms with Gasteiger partial charge in [-0.15, -0.1) is 0 Å². The highest BCUT2D eigenvalue weighted by Gasteiger charge is 1.96. The largest absolute Gasteiger partial charge is 0.254 e. The second-order valence-electron chi connectivity index (χ2n) is 2.39. The fourth-order valence-corrected chi connectivity index (χ4v) is 1.04. The standard InChI is InChI=1S/C6H15NS/c1-6(2)5-7(3)8-4/h6H,5H2,1-4H3. The van der Waals surface area contributed by atoms with E-state index in [0.717, 1.165) is 5.92 Å². The molecule has 1 nitrogen and oxygen atoms in total. The highest BCUT2D eigenvalue weighted by atomic mass is 32.2. The van der Waals surface area contributed by atoms with Gasteiger partial charge in [-0.2, -0.15) is 0 Å². The van der Waals surface area contributed by atoms with Crippen molar-refractivity contribution in [3.05, 3.63) is 0 Å². The Morgan fingerprint density at radius 2 is 2.00 bits per heavy atom. The van der Waals surface area contributed by atoms with Crippen LogP contribution in [0.5, 0.6) is 0 Å². The van der Waals surface area contributed by atoms with E-state index in [-0.39, 0.29) is 0 Å². The van der Waals surface area contributed by atoms with Gasteiger partial charge in [0.2, 0.25) is 0 Å². The molecule has 0 heterocycles. The average Bonchev–Trinajstić information content (AvgIpc) is 1.65. The molecule has 0 bridgehead atoms. The summed E-state index contributed by atoms with van der Waals surface area (Å²) in [6.07, 6.45) is 2.10. The van der Waals surface area contributed by atoms with E-state index >= 15 is 0 Å². The Labute approximate surface area is 56.6 Å². The SMILES string of the molecule is CSN(C)CC(C)C. The van der Waals surface area contributed by atoms with Crippen LogP contribution in [0, 0.1) is 5.92 Å². The van der Waals surface area contributed by atoms with Gasteiger partial charge in [0.25, 0.3) is 0 Å². The van der Waals surface area contributed by atoms with Crippen LogP contribution in [0.4, 0.5) is 0 Å². The maximum absolute atomic E-state index is 2.24. The molecule has 0 aliphatic carbocycles. The first-order chi connectivity index (χ1) is 3.66. The van der Waals surface area contributed by atoms with Crippen LogP contribution in [0.3, 0.4) is 0 Å². The average molecular weight is 133 g/mol. The normalized spacial score (nSPS) is 11.2. The monoisotopic (exact) mass is 133 g/mol. The summed E-state index contributed by atoms with van der Waals surface area (Å²) in [5.74, 6) is 0.785. The summed E-state index contributed by atoms with van der Waals surface area (Å²) in [4.78, 5) is 0. The van der Waals surface area contributed by atoms with E-state index in [1.54, 1.807) is 11.9 Å². The van der Waals surface area contributed by atoms with Crippen molar-refractivity contribution in [2.45, 2.75) is 13.8 Å². The summed E-state index contributed by atoms with van der Waals surface area (Å²) in [5, 5.41) is 0. The van der Waals surface area contributed by atoms with Gasteiger partial charge in [-0.3, -0.25) is 4.31 Å². The quantitative estimate of drug-likeness (QED) is 0.541. The second-order valence-corrected chi connectivity index (χ2v) is 3.38. The van der Waals surface area contributed by atoms with E-state index in [1.165, 1.54) is 6.54 Å². The zero-order chi connectivity index (χ0) is 6.57. The Morgan fingerprint density at radius 3 is 2.12 bits per heavy atom. The Balaban J connectivity index is 3.10. The molecule has 8 heavy (non-hydrogen) atoms. The van der Waals surface area contributed by atoms with Crippen LogP contribution in [0.25, 0.3) is 0 Å². The van der Waals surface area contributed by atoms with Crippen LogP contribution < -0.4 is 0 Å². The third-order valence-electron chi connectivity index (χ3n) is 0.934. The third-order valence-corrected chi connectivity index (χ3v) is 1.71. The van der Waals surface area contributed by atoms with Gasteiger partial charge in [0.15, 0.2) is 0 Å². The fraction of sp³-hybridized carbons (Fsp3) is 1.00. The topological polar surface area (TPSA) is 3.24 Å². The van der Waals surface area contributed by atoms with E-state index in [2.05, 4.69) is 31.5 Å². The van der Waals surface area contributed by atoms with Crippen LogP contribution in [0.15, 0.2) is 0 Å². The molecule has 50 valence electrons. The molecule has 0 radical (unpaired) electrons. The van der Waals surface area contributed by atoms with Gasteiger partial charge in [-0.25, -0.2) is 0 Å². The van der Waals surface area contributed by atoms with Crippen LogP contribution >= 0.6 is 11.9 Å². The van der Waals surface area contributed by atoms with Crippen LogP contribution in [0.2, 0.25) is 0 Å². The Hall–Kier alpha value is 0.310. The lowest BCUT2D eigenvalue weighted by molar-refractivity contribution is 0.467. The van der Waals surface area contributed by atoms with Gasteiger partial charge >= 0.3 is 0 Å². The zero-order valence-corrected chi connectivity index (χ0v) is 6.96. The van der Waals surface area contributed by atoms with Gasteiger partial charge in [0.05, 0.1) is 0 Å². The number of hydrogen-bond donors (Lipinski definition) is 0. The summed E-state index contributed by atoms with van der Waals surface area (Å²) < 4.78 is 2.24. The molecule has 0 aromatic heterocycles. The molecule has 0 N–H and O–H groups in total. The molecule has 0 spiro atoms. The predicted octanol–water partition coefficient (Wildman–Crippen LogP) is 1.85. The minimum atomic E-state index is 0.785. The van der Waals surface area contributed by atoms with E-state index in [4.69, 9.17) is 0 Å². The zero-order valence-electron chi connectivity index (χ0n) is 6.14. The highest BCUT2D eigenvalue weighted by molar-refractivity contribution is 7.96. The number of rotatable bonds is 3. The first-order valence-corrected chi connectivity index (χ1v) is 4.10. The Morgan fingerprint density at radius 1 is 1.50 bits per heavy atom. The summed E-state index contributed by atoms with van der Waals surface area (Å²) >= 11 is 1.79. The van der Waals surface area contributed by atoms with Crippen LogP contribution in [0.1, 0.15) is 13.8 Å². The van der Waals surface area contributed by atoms with Crippen molar-refractivity contribution in [3.63, 3.8) is 0 Å². The van der Waals surface area contributed by atoms with Crippen molar-refractivity contribution in [2.24, 2.45) is 5.92 Å². The predicted molar refractivity (Wildman–Crippen MR) is 41.0 cm³/mol. The third kappa shape index (κ3) is 4.47. The number of nitrogens with zero attached hydrogens (tertiary/aromatic N) is 1. The van der Waals surface area contributed by atoms with E-state index in [9.17, 15) is 0 Å². The van der Waals surface area contributed by atoms with E-state index < -0.39 is 0 Å². The molecule has 0 aliphatic heterocycles. The van der Waals surface area contributed by atoms with E-state index in [0.29, 0.717) is 0 Å². The van der Waals surface area contributed by atoms with Gasteiger partial charge in [0, 0.05) is 6.54 Å². The molecule has 0 saturated carbocycles. The molecule has 0 rings (SSSR count). The lowest BCUT2D eigenvalue weighted by Crippen LogP contribution is -2.14. The first-order valence-electron chi connectivity index (χ1n) is 2.92. The minimum Gasteiger partial charge on any atom is -0.254 e. The molecule has 0 aliphatic rings. The van der Waals surface area contributed by atoms with Crippen molar-refractivity contribution in [3.8, 4) is 0 Å². The molecule has 0 fully saturated rings. The van der Waals surface area contributed by atoms with Crippen molar-refractivity contribution in [1.29, 1.82) is 0 Å². The smallest absolute Gasteiger partial charge is 0.0109 e. The second kappa shape index (κ2) is 4.21. The molecule has 2 heteroatoms. The Bertz CT molecular complexity index is 54.5. The lowest BCUT2D eigenvalue weighted by Gasteiger charge is -2.14. The minimum absolute atomic E-state index is 0.785. The molecular formula is C6H15NS. The summed E-state index contributed by atoms with van der Waals surface area (Å²) in [6, 6.07) is 0.